The van der Waals surface area contributed by atoms with E-state index in [2.05, 4.69) is 10.6 Å². The van der Waals surface area contributed by atoms with Gasteiger partial charge in [-0.15, -0.1) is 0 Å². The van der Waals surface area contributed by atoms with Crippen molar-refractivity contribution in [3.63, 3.8) is 0 Å². The van der Waals surface area contributed by atoms with Gasteiger partial charge in [0.2, 0.25) is 0 Å². The van der Waals surface area contributed by atoms with Gasteiger partial charge >= 0.3 is 0 Å². The summed E-state index contributed by atoms with van der Waals surface area (Å²) < 4.78 is 5.47. The van der Waals surface area contributed by atoms with Gasteiger partial charge in [0.25, 0.3) is 5.91 Å². The summed E-state index contributed by atoms with van der Waals surface area (Å²) in [7, 11) is 2.01. The normalized spacial score (nSPS) is 24.9. The number of carbonyl (C=O) groups excluding carboxylic acids is 1. The second-order valence-electron chi connectivity index (χ2n) is 5.73. The van der Waals surface area contributed by atoms with E-state index < -0.39 is 0 Å². The fourth-order valence-corrected chi connectivity index (χ4v) is 3.12. The second kappa shape index (κ2) is 5.83. The van der Waals surface area contributed by atoms with Crippen LogP contribution in [-0.2, 0) is 6.42 Å². The van der Waals surface area contributed by atoms with E-state index in [0.717, 1.165) is 55.6 Å². The van der Waals surface area contributed by atoms with Gasteiger partial charge < -0.3 is 15.4 Å². The van der Waals surface area contributed by atoms with Crippen LogP contribution in [0.25, 0.3) is 0 Å². The third-order valence-electron chi connectivity index (χ3n) is 4.42. The molecule has 2 aliphatic rings. The van der Waals surface area contributed by atoms with Gasteiger partial charge in [-0.2, -0.15) is 0 Å². The predicted molar refractivity (Wildman–Crippen MR) is 78.2 cm³/mol. The van der Waals surface area contributed by atoms with E-state index in [-0.39, 0.29) is 5.91 Å². The smallest absolute Gasteiger partial charge is 0.251 e. The van der Waals surface area contributed by atoms with Crippen LogP contribution in [0.5, 0.6) is 5.75 Å². The Bertz CT molecular complexity index is 493. The third kappa shape index (κ3) is 2.80. The molecule has 0 unspecified atom stereocenters. The molecule has 1 aliphatic heterocycles. The van der Waals surface area contributed by atoms with Crippen molar-refractivity contribution in [3.05, 3.63) is 29.3 Å². The summed E-state index contributed by atoms with van der Waals surface area (Å²) in [6.45, 7) is 0.731. The maximum Gasteiger partial charge on any atom is 0.251 e. The Morgan fingerprint density at radius 3 is 2.70 bits per heavy atom. The van der Waals surface area contributed by atoms with Gasteiger partial charge in [-0.25, -0.2) is 0 Å². The number of amides is 1. The number of hydrogen-bond donors (Lipinski definition) is 2. The van der Waals surface area contributed by atoms with E-state index >= 15 is 0 Å². The SMILES string of the molecule is CNC1CCC(NC(=O)c2ccc3c(c2)CCO3)CC1. The maximum absolute atomic E-state index is 12.3. The Hall–Kier alpha value is -1.55. The molecule has 1 aliphatic carbocycles. The van der Waals surface area contributed by atoms with Crippen LogP contribution in [0.2, 0.25) is 0 Å². The lowest BCUT2D eigenvalue weighted by Crippen LogP contribution is -2.41. The van der Waals surface area contributed by atoms with Crippen molar-refractivity contribution in [3.8, 4) is 5.75 Å². The number of ether oxygens (including phenoxy) is 1. The van der Waals surface area contributed by atoms with Crippen LogP contribution in [-0.4, -0.2) is 31.6 Å². The Labute approximate surface area is 119 Å². The van der Waals surface area contributed by atoms with E-state index in [1.54, 1.807) is 0 Å². The molecule has 0 bridgehead atoms. The number of carbonyl (C=O) groups is 1. The number of nitrogens with one attached hydrogen (secondary N) is 2. The average Bonchev–Trinajstić information content (AvgIpc) is 2.95. The topological polar surface area (TPSA) is 50.4 Å². The lowest BCUT2D eigenvalue weighted by molar-refractivity contribution is 0.0924. The molecule has 3 rings (SSSR count). The zero-order valence-electron chi connectivity index (χ0n) is 11.9. The molecule has 4 nitrogen and oxygen atoms in total. The molecule has 2 N–H and O–H groups in total. The van der Waals surface area contributed by atoms with Crippen molar-refractivity contribution >= 4 is 5.91 Å². The predicted octanol–water partition coefficient (Wildman–Crippen LogP) is 1.88. The van der Waals surface area contributed by atoms with Gasteiger partial charge in [-0.3, -0.25) is 4.79 Å². The minimum atomic E-state index is 0.0487. The van der Waals surface area contributed by atoms with Crippen molar-refractivity contribution in [1.29, 1.82) is 0 Å². The van der Waals surface area contributed by atoms with E-state index in [1.807, 2.05) is 25.2 Å². The molecule has 108 valence electrons. The number of rotatable bonds is 3. The lowest BCUT2D eigenvalue weighted by atomic mass is 9.91. The van der Waals surface area contributed by atoms with Crippen LogP contribution < -0.4 is 15.4 Å². The zero-order valence-corrected chi connectivity index (χ0v) is 11.9. The summed E-state index contributed by atoms with van der Waals surface area (Å²) in [6, 6.07) is 6.67. The molecular formula is C16H22N2O2. The Morgan fingerprint density at radius 1 is 1.20 bits per heavy atom. The Morgan fingerprint density at radius 2 is 1.95 bits per heavy atom. The Kier molecular flexibility index (Phi) is 3.92. The van der Waals surface area contributed by atoms with E-state index in [4.69, 9.17) is 4.74 Å². The summed E-state index contributed by atoms with van der Waals surface area (Å²) in [4.78, 5) is 12.3. The molecule has 1 aromatic carbocycles. The average molecular weight is 274 g/mol. The molecule has 4 heteroatoms. The van der Waals surface area contributed by atoms with Crippen molar-refractivity contribution < 1.29 is 9.53 Å². The van der Waals surface area contributed by atoms with Crippen molar-refractivity contribution in [2.24, 2.45) is 0 Å². The lowest BCUT2D eigenvalue weighted by Gasteiger charge is -2.28. The van der Waals surface area contributed by atoms with Crippen molar-refractivity contribution in [2.75, 3.05) is 13.7 Å². The molecule has 1 amide bonds. The minimum Gasteiger partial charge on any atom is -0.493 e. The molecule has 1 saturated carbocycles. The first-order valence-electron chi connectivity index (χ1n) is 7.50. The molecule has 0 spiro atoms. The minimum absolute atomic E-state index is 0.0487. The fraction of sp³-hybridized carbons (Fsp3) is 0.562. The first kappa shape index (κ1) is 13.4. The molecular weight excluding hydrogens is 252 g/mol. The van der Waals surface area contributed by atoms with Crippen LogP contribution in [0, 0.1) is 0 Å². The van der Waals surface area contributed by atoms with E-state index in [1.165, 1.54) is 0 Å². The van der Waals surface area contributed by atoms with Crippen LogP contribution in [0.15, 0.2) is 18.2 Å². The van der Waals surface area contributed by atoms with Crippen LogP contribution in [0.1, 0.15) is 41.6 Å². The van der Waals surface area contributed by atoms with E-state index in [9.17, 15) is 4.79 Å². The summed E-state index contributed by atoms with van der Waals surface area (Å²) in [6.07, 6.45) is 5.30. The largest absolute Gasteiger partial charge is 0.493 e. The highest BCUT2D eigenvalue weighted by molar-refractivity contribution is 5.94. The molecule has 0 radical (unpaired) electrons. The molecule has 20 heavy (non-hydrogen) atoms. The summed E-state index contributed by atoms with van der Waals surface area (Å²) >= 11 is 0. The van der Waals surface area contributed by atoms with E-state index in [0.29, 0.717) is 12.1 Å². The molecule has 1 aromatic rings. The van der Waals surface area contributed by atoms with Crippen LogP contribution in [0.4, 0.5) is 0 Å². The third-order valence-corrected chi connectivity index (χ3v) is 4.42. The van der Waals surface area contributed by atoms with Gasteiger partial charge in [-0.1, -0.05) is 0 Å². The van der Waals surface area contributed by atoms with Crippen LogP contribution in [0.3, 0.4) is 0 Å². The zero-order chi connectivity index (χ0) is 13.9. The number of hydrogen-bond acceptors (Lipinski definition) is 3. The van der Waals surface area contributed by atoms with Crippen molar-refractivity contribution in [1.82, 2.24) is 10.6 Å². The van der Waals surface area contributed by atoms with Gasteiger partial charge in [0.15, 0.2) is 0 Å². The highest BCUT2D eigenvalue weighted by Crippen LogP contribution is 2.26. The fourth-order valence-electron chi connectivity index (χ4n) is 3.12. The number of fused-ring (bicyclic) bond motifs is 1. The quantitative estimate of drug-likeness (QED) is 0.885. The first-order valence-corrected chi connectivity index (χ1v) is 7.50. The van der Waals surface area contributed by atoms with Gasteiger partial charge in [-0.05, 0) is 56.5 Å². The first-order chi connectivity index (χ1) is 9.76. The molecule has 1 heterocycles. The summed E-state index contributed by atoms with van der Waals surface area (Å²) in [5.41, 5.74) is 1.90. The second-order valence-corrected chi connectivity index (χ2v) is 5.73. The maximum atomic E-state index is 12.3. The van der Waals surface area contributed by atoms with Crippen LogP contribution >= 0.6 is 0 Å². The monoisotopic (exact) mass is 274 g/mol. The van der Waals surface area contributed by atoms with Gasteiger partial charge in [0.1, 0.15) is 5.75 Å². The highest BCUT2D eigenvalue weighted by atomic mass is 16.5. The molecule has 1 fully saturated rings. The van der Waals surface area contributed by atoms with Crippen molar-refractivity contribution in [2.45, 2.75) is 44.2 Å². The molecule has 0 saturated heterocycles. The summed E-state index contributed by atoms with van der Waals surface area (Å²) in [5, 5.41) is 6.47. The highest BCUT2D eigenvalue weighted by Gasteiger charge is 2.22. The Balaban J connectivity index is 1.59. The molecule has 0 atom stereocenters. The van der Waals surface area contributed by atoms with Gasteiger partial charge in [0, 0.05) is 24.1 Å². The van der Waals surface area contributed by atoms with Gasteiger partial charge in [0.05, 0.1) is 6.61 Å². The summed E-state index contributed by atoms with van der Waals surface area (Å²) in [5.74, 6) is 0.976. The standard InChI is InChI=1S/C16H22N2O2/c1-17-13-3-5-14(6-4-13)18-16(19)12-2-7-15-11(10-12)8-9-20-15/h2,7,10,13-14,17H,3-6,8-9H2,1H3,(H,18,19). The molecule has 0 aromatic heterocycles. The number of benzene rings is 1.